The Balaban J connectivity index is 2.25. The molecule has 0 aliphatic rings. The van der Waals surface area contributed by atoms with Crippen LogP contribution in [0.4, 0.5) is 4.79 Å². The van der Waals surface area contributed by atoms with Crippen molar-refractivity contribution in [2.24, 2.45) is 5.73 Å². The van der Waals surface area contributed by atoms with Crippen LogP contribution in [0, 0.1) is 0 Å². The summed E-state index contributed by atoms with van der Waals surface area (Å²) >= 11 is 6.06. The average molecular weight is 267 g/mol. The van der Waals surface area contributed by atoms with E-state index < -0.39 is 12.2 Å². The summed E-state index contributed by atoms with van der Waals surface area (Å²) < 4.78 is 5.04. The molecule has 0 aliphatic heterocycles. The predicted octanol–water partition coefficient (Wildman–Crippen LogP) is 1.77. The highest BCUT2D eigenvalue weighted by Gasteiger charge is 2.19. The predicted molar refractivity (Wildman–Crippen MR) is 64.9 cm³/mol. The first-order valence-electron chi connectivity index (χ1n) is 5.21. The van der Waals surface area contributed by atoms with E-state index >= 15 is 0 Å². The molecule has 94 valence electrons. The van der Waals surface area contributed by atoms with Crippen LogP contribution in [-0.2, 0) is 11.3 Å². The van der Waals surface area contributed by atoms with E-state index in [4.69, 9.17) is 22.1 Å². The van der Waals surface area contributed by atoms with Crippen molar-refractivity contribution in [3.63, 3.8) is 0 Å². The second-order valence-electron chi connectivity index (χ2n) is 3.53. The highest BCUT2D eigenvalue weighted by Crippen LogP contribution is 2.26. The number of benzene rings is 1. The lowest BCUT2D eigenvalue weighted by Gasteiger charge is -2.17. The Hall–Kier alpha value is -2.08. The van der Waals surface area contributed by atoms with Crippen LogP contribution >= 0.6 is 11.6 Å². The van der Waals surface area contributed by atoms with E-state index in [1.807, 2.05) is 0 Å². The topological polar surface area (TPSA) is 83.0 Å². The molecule has 0 radical (unpaired) electrons. The molecule has 2 rings (SSSR count). The van der Waals surface area contributed by atoms with Gasteiger partial charge in [-0.3, -0.25) is 0 Å². The zero-order chi connectivity index (χ0) is 13.0. The number of primary amides is 1. The first-order chi connectivity index (χ1) is 8.66. The fourth-order valence-corrected chi connectivity index (χ4v) is 1.82. The van der Waals surface area contributed by atoms with Crippen molar-refractivity contribution in [1.82, 2.24) is 15.0 Å². The lowest BCUT2D eigenvalue weighted by atomic mass is 10.1. The van der Waals surface area contributed by atoms with Crippen molar-refractivity contribution < 1.29 is 9.53 Å². The minimum atomic E-state index is -0.868. The SMILES string of the molecule is NC(=O)O[C@H](Cn1nccn1)c1ccccc1Cl. The van der Waals surface area contributed by atoms with Gasteiger partial charge in [0.15, 0.2) is 6.10 Å². The third-order valence-corrected chi connectivity index (χ3v) is 2.65. The summed E-state index contributed by atoms with van der Waals surface area (Å²) in [5.74, 6) is 0. The molecular weight excluding hydrogens is 256 g/mol. The lowest BCUT2D eigenvalue weighted by Crippen LogP contribution is -2.22. The molecule has 0 saturated heterocycles. The minimum absolute atomic E-state index is 0.250. The maximum atomic E-state index is 10.9. The molecular formula is C11H11ClN4O2. The molecule has 0 saturated carbocycles. The maximum Gasteiger partial charge on any atom is 0.405 e. The molecule has 2 aromatic rings. The number of ether oxygens (including phenoxy) is 1. The van der Waals surface area contributed by atoms with Crippen LogP contribution in [0.15, 0.2) is 36.7 Å². The molecule has 0 spiro atoms. The van der Waals surface area contributed by atoms with Crippen molar-refractivity contribution in [2.75, 3.05) is 0 Å². The van der Waals surface area contributed by atoms with Crippen LogP contribution in [-0.4, -0.2) is 21.1 Å². The Kier molecular flexibility index (Phi) is 3.78. The number of nitrogens with two attached hydrogens (primary N) is 1. The molecule has 0 fully saturated rings. The third kappa shape index (κ3) is 2.98. The molecule has 1 aromatic carbocycles. The minimum Gasteiger partial charge on any atom is -0.439 e. The highest BCUT2D eigenvalue weighted by atomic mass is 35.5. The van der Waals surface area contributed by atoms with Gasteiger partial charge in [0.2, 0.25) is 0 Å². The smallest absolute Gasteiger partial charge is 0.405 e. The van der Waals surface area contributed by atoms with Gasteiger partial charge in [-0.25, -0.2) is 4.79 Å². The monoisotopic (exact) mass is 266 g/mol. The molecule has 7 heteroatoms. The van der Waals surface area contributed by atoms with Gasteiger partial charge >= 0.3 is 6.09 Å². The normalized spacial score (nSPS) is 12.1. The van der Waals surface area contributed by atoms with Crippen LogP contribution in [0.25, 0.3) is 0 Å². The van der Waals surface area contributed by atoms with Crippen molar-refractivity contribution in [3.05, 3.63) is 47.2 Å². The molecule has 1 heterocycles. The highest BCUT2D eigenvalue weighted by molar-refractivity contribution is 6.31. The Labute approximate surface area is 108 Å². The van der Waals surface area contributed by atoms with Crippen molar-refractivity contribution in [3.8, 4) is 0 Å². The number of nitrogens with zero attached hydrogens (tertiary/aromatic N) is 3. The van der Waals surface area contributed by atoms with Crippen LogP contribution in [0.2, 0.25) is 5.02 Å². The summed E-state index contributed by atoms with van der Waals surface area (Å²) in [6, 6.07) is 7.07. The Bertz CT molecular complexity index is 530. The first-order valence-corrected chi connectivity index (χ1v) is 5.59. The van der Waals surface area contributed by atoms with Crippen LogP contribution in [0.1, 0.15) is 11.7 Å². The van der Waals surface area contributed by atoms with Gasteiger partial charge in [-0.2, -0.15) is 15.0 Å². The molecule has 1 amide bonds. The maximum absolute atomic E-state index is 10.9. The second kappa shape index (κ2) is 5.50. The van der Waals surface area contributed by atoms with E-state index in [1.165, 1.54) is 17.2 Å². The van der Waals surface area contributed by atoms with E-state index in [9.17, 15) is 4.79 Å². The number of hydrogen-bond donors (Lipinski definition) is 1. The third-order valence-electron chi connectivity index (χ3n) is 2.31. The molecule has 0 bridgehead atoms. The van der Waals surface area contributed by atoms with Gasteiger partial charge in [0.05, 0.1) is 12.4 Å². The number of carbonyl (C=O) groups excluding carboxylic acids is 1. The van der Waals surface area contributed by atoms with E-state index in [1.54, 1.807) is 24.3 Å². The summed E-state index contributed by atoms with van der Waals surface area (Å²) in [7, 11) is 0. The molecule has 2 N–H and O–H groups in total. The number of amides is 1. The molecule has 18 heavy (non-hydrogen) atoms. The number of carbonyl (C=O) groups is 1. The quantitative estimate of drug-likeness (QED) is 0.914. The summed E-state index contributed by atoms with van der Waals surface area (Å²) in [5.41, 5.74) is 5.72. The molecule has 0 aliphatic carbocycles. The van der Waals surface area contributed by atoms with Crippen LogP contribution in [0.5, 0.6) is 0 Å². The van der Waals surface area contributed by atoms with E-state index in [0.717, 1.165) is 0 Å². The van der Waals surface area contributed by atoms with Crippen molar-refractivity contribution >= 4 is 17.7 Å². The summed E-state index contributed by atoms with van der Waals surface area (Å²) in [6.07, 6.45) is 1.58. The van der Waals surface area contributed by atoms with Crippen LogP contribution in [0.3, 0.4) is 0 Å². The number of rotatable bonds is 4. The first kappa shape index (κ1) is 12.4. The summed E-state index contributed by atoms with van der Waals surface area (Å²) in [6.45, 7) is 0.250. The second-order valence-corrected chi connectivity index (χ2v) is 3.94. The van der Waals surface area contributed by atoms with Gasteiger partial charge in [-0.15, -0.1) is 0 Å². The van der Waals surface area contributed by atoms with E-state index in [-0.39, 0.29) is 6.54 Å². The molecule has 1 aromatic heterocycles. The van der Waals surface area contributed by atoms with Crippen molar-refractivity contribution in [1.29, 1.82) is 0 Å². The van der Waals surface area contributed by atoms with Gasteiger partial charge < -0.3 is 10.5 Å². The Morgan fingerprint density at radius 3 is 2.67 bits per heavy atom. The number of aromatic nitrogens is 3. The Morgan fingerprint density at radius 1 is 1.39 bits per heavy atom. The Morgan fingerprint density at radius 2 is 2.06 bits per heavy atom. The van der Waals surface area contributed by atoms with Gasteiger partial charge in [0, 0.05) is 10.6 Å². The fourth-order valence-electron chi connectivity index (χ4n) is 1.56. The molecule has 1 atom stereocenters. The molecule has 6 nitrogen and oxygen atoms in total. The number of hydrogen-bond acceptors (Lipinski definition) is 4. The fraction of sp³-hybridized carbons (Fsp3) is 0.182. The van der Waals surface area contributed by atoms with E-state index in [2.05, 4.69) is 10.2 Å². The zero-order valence-corrected chi connectivity index (χ0v) is 10.1. The number of halogens is 1. The standard InChI is InChI=1S/C11H11ClN4O2/c12-9-4-2-1-3-8(9)10(18-11(13)17)7-16-14-5-6-15-16/h1-6,10H,7H2,(H2,13,17)/t10-/m1/s1. The van der Waals surface area contributed by atoms with Crippen molar-refractivity contribution in [2.45, 2.75) is 12.6 Å². The van der Waals surface area contributed by atoms with Gasteiger partial charge in [-0.1, -0.05) is 29.8 Å². The van der Waals surface area contributed by atoms with Gasteiger partial charge in [0.25, 0.3) is 0 Å². The average Bonchev–Trinajstić information content (AvgIpc) is 2.81. The summed E-state index contributed by atoms with van der Waals surface area (Å²) in [4.78, 5) is 12.3. The largest absolute Gasteiger partial charge is 0.439 e. The molecule has 0 unspecified atom stereocenters. The van der Waals surface area contributed by atoms with Gasteiger partial charge in [-0.05, 0) is 6.07 Å². The lowest BCUT2D eigenvalue weighted by molar-refractivity contribution is 0.0905. The van der Waals surface area contributed by atoms with E-state index in [0.29, 0.717) is 10.6 Å². The van der Waals surface area contributed by atoms with Crippen LogP contribution < -0.4 is 5.73 Å². The summed E-state index contributed by atoms with van der Waals surface area (Å²) in [5, 5.41) is 8.39. The van der Waals surface area contributed by atoms with Gasteiger partial charge in [0.1, 0.15) is 6.54 Å². The zero-order valence-electron chi connectivity index (χ0n) is 9.36.